The molecule has 0 saturated heterocycles. The lowest BCUT2D eigenvalue weighted by Crippen LogP contribution is -2.69. The molecule has 0 saturated carbocycles. The lowest BCUT2D eigenvalue weighted by atomic mass is 10.0. The van der Waals surface area contributed by atoms with Crippen LogP contribution in [0.15, 0.2) is 71.7 Å². The minimum absolute atomic E-state index is 0.251. The van der Waals surface area contributed by atoms with Gasteiger partial charge in [0.1, 0.15) is 11.3 Å². The molecule has 5 nitrogen and oxygen atoms in total. The van der Waals surface area contributed by atoms with E-state index in [4.69, 9.17) is 14.9 Å². The van der Waals surface area contributed by atoms with Crippen LogP contribution in [0.5, 0.6) is 5.75 Å². The Bertz CT molecular complexity index is 1110. The average Bonchev–Trinajstić information content (AvgIpc) is 2.80. The maximum Gasteiger partial charge on any atom is 0.341 e. The smallest absolute Gasteiger partial charge is 0.341 e. The Hall–Kier alpha value is -3.38. The van der Waals surface area contributed by atoms with Gasteiger partial charge in [0, 0.05) is 0 Å². The molecule has 0 unspecified atom stereocenters. The molecule has 2 N–H and O–H groups in total. The Balaban J connectivity index is 2.39. The predicted octanol–water partition coefficient (Wildman–Crippen LogP) is 4.65. The molecule has 0 fully saturated rings. The van der Waals surface area contributed by atoms with Crippen LogP contribution in [0.4, 0.5) is 5.69 Å². The molecule has 6 heteroatoms. The third-order valence-corrected chi connectivity index (χ3v) is 10.9. The first kappa shape index (κ1) is 24.3. The van der Waals surface area contributed by atoms with Crippen LogP contribution in [0, 0.1) is 13.8 Å². The maximum atomic E-state index is 13.0. The number of nitrogens with two attached hydrogens (primary N) is 1. The number of nitrogens with zero attached hydrogens (tertiary/aromatic N) is 1. The van der Waals surface area contributed by atoms with Crippen molar-refractivity contribution in [3.63, 3.8) is 0 Å². The summed E-state index contributed by atoms with van der Waals surface area (Å²) in [5.74, 6) is 0.0380. The number of hydrogen-bond donors (Lipinski definition) is 1. The molecule has 0 heterocycles. The molecule has 33 heavy (non-hydrogen) atoms. The molecule has 0 spiro atoms. The minimum atomic E-state index is -2.93. The van der Waals surface area contributed by atoms with Gasteiger partial charge in [-0.25, -0.2) is 9.79 Å². The van der Waals surface area contributed by atoms with Crippen molar-refractivity contribution in [2.75, 3.05) is 7.11 Å². The van der Waals surface area contributed by atoms with Crippen molar-refractivity contribution in [1.82, 2.24) is 0 Å². The van der Waals surface area contributed by atoms with Crippen molar-refractivity contribution in [3.05, 3.63) is 83.4 Å². The van der Waals surface area contributed by atoms with Crippen LogP contribution in [0.25, 0.3) is 0 Å². The number of benzene rings is 3. The highest BCUT2D eigenvalue weighted by atomic mass is 28.4. The standard InChI is InChI=1S/C27H32N2O3Si/c1-19-17-23(24(26(30)31-6)20(2)25(19)29-18-28)32-33(27(3,4)5,21-13-9-7-10-14-21)22-15-11-8-12-16-22/h7-18H,1-6H3,(H2,28,29). The van der Waals surface area contributed by atoms with Crippen LogP contribution in [-0.4, -0.2) is 27.7 Å². The summed E-state index contributed by atoms with van der Waals surface area (Å²) in [7, 11) is -1.56. The van der Waals surface area contributed by atoms with E-state index in [1.807, 2.05) is 56.3 Å². The monoisotopic (exact) mass is 460 g/mol. The topological polar surface area (TPSA) is 73.9 Å². The highest BCUT2D eigenvalue weighted by Gasteiger charge is 2.52. The van der Waals surface area contributed by atoms with Crippen molar-refractivity contribution in [3.8, 4) is 5.75 Å². The third-order valence-electron chi connectivity index (χ3n) is 5.97. The Morgan fingerprint density at radius 3 is 1.91 bits per heavy atom. The first-order valence-corrected chi connectivity index (χ1v) is 12.8. The molecule has 0 aliphatic heterocycles. The van der Waals surface area contributed by atoms with E-state index in [1.165, 1.54) is 13.4 Å². The van der Waals surface area contributed by atoms with Gasteiger partial charge < -0.3 is 14.9 Å². The largest absolute Gasteiger partial charge is 0.533 e. The number of methoxy groups -OCH3 is 1. The molecule has 172 valence electrons. The fraction of sp³-hybridized carbons (Fsp3) is 0.259. The fourth-order valence-electron chi connectivity index (χ4n) is 4.46. The molecule has 3 aromatic rings. The van der Waals surface area contributed by atoms with E-state index in [0.717, 1.165) is 15.9 Å². The van der Waals surface area contributed by atoms with Crippen molar-refractivity contribution in [2.24, 2.45) is 10.7 Å². The summed E-state index contributed by atoms with van der Waals surface area (Å²) in [4.78, 5) is 17.2. The van der Waals surface area contributed by atoms with E-state index in [1.54, 1.807) is 0 Å². The highest BCUT2D eigenvalue weighted by molar-refractivity contribution is 7.00. The van der Waals surface area contributed by atoms with Crippen molar-refractivity contribution >= 4 is 36.7 Å². The Labute approximate surface area is 197 Å². The lowest BCUT2D eigenvalue weighted by Gasteiger charge is -2.43. The van der Waals surface area contributed by atoms with E-state index >= 15 is 0 Å². The van der Waals surface area contributed by atoms with E-state index in [2.05, 4.69) is 50.0 Å². The predicted molar refractivity (Wildman–Crippen MR) is 138 cm³/mol. The zero-order valence-corrected chi connectivity index (χ0v) is 21.2. The molecule has 0 atom stereocenters. The van der Waals surface area contributed by atoms with Gasteiger partial charge in [0.15, 0.2) is 0 Å². The quantitative estimate of drug-likeness (QED) is 0.252. The van der Waals surface area contributed by atoms with Gasteiger partial charge in [-0.05, 0) is 46.5 Å². The van der Waals surface area contributed by atoms with Crippen LogP contribution in [-0.2, 0) is 4.74 Å². The van der Waals surface area contributed by atoms with E-state index in [9.17, 15) is 4.79 Å². The summed E-state index contributed by atoms with van der Waals surface area (Å²) in [6, 6.07) is 22.5. The SMILES string of the molecule is COC(=O)c1c(O[Si](c2ccccc2)(c2ccccc2)C(C)(C)C)cc(C)c(/N=C\N)c1C. The first-order valence-electron chi connectivity index (χ1n) is 10.9. The zero-order valence-electron chi connectivity index (χ0n) is 20.2. The summed E-state index contributed by atoms with van der Waals surface area (Å²) < 4.78 is 12.3. The number of carbonyl (C=O) groups is 1. The lowest BCUT2D eigenvalue weighted by molar-refractivity contribution is 0.0597. The van der Waals surface area contributed by atoms with Crippen LogP contribution in [0.1, 0.15) is 42.3 Å². The number of carbonyl (C=O) groups excluding carboxylic acids is 1. The van der Waals surface area contributed by atoms with Crippen LogP contribution in [0.2, 0.25) is 5.04 Å². The molecule has 3 aromatic carbocycles. The van der Waals surface area contributed by atoms with Gasteiger partial charge in [-0.15, -0.1) is 0 Å². The molecule has 0 aliphatic carbocycles. The van der Waals surface area contributed by atoms with Crippen LogP contribution < -0.4 is 20.5 Å². The molecule has 0 radical (unpaired) electrons. The maximum absolute atomic E-state index is 13.0. The van der Waals surface area contributed by atoms with Gasteiger partial charge in [-0.2, -0.15) is 0 Å². The van der Waals surface area contributed by atoms with Crippen molar-refractivity contribution in [2.45, 2.75) is 39.7 Å². The second kappa shape index (κ2) is 9.63. The molecular formula is C27H32N2O3Si. The second-order valence-electron chi connectivity index (χ2n) is 9.08. The van der Waals surface area contributed by atoms with E-state index < -0.39 is 14.3 Å². The summed E-state index contributed by atoms with van der Waals surface area (Å²) in [6.07, 6.45) is 1.24. The van der Waals surface area contributed by atoms with Gasteiger partial charge in [0.25, 0.3) is 0 Å². The third kappa shape index (κ3) is 4.43. The van der Waals surface area contributed by atoms with Crippen molar-refractivity contribution < 1.29 is 14.0 Å². The highest BCUT2D eigenvalue weighted by Crippen LogP contribution is 2.41. The molecule has 0 amide bonds. The second-order valence-corrected chi connectivity index (χ2v) is 13.3. The molecule has 0 aliphatic rings. The van der Waals surface area contributed by atoms with Crippen LogP contribution >= 0.6 is 0 Å². The number of hydrogen-bond acceptors (Lipinski definition) is 4. The number of esters is 1. The fourth-order valence-corrected chi connectivity index (χ4v) is 8.88. The average molecular weight is 461 g/mol. The number of ether oxygens (including phenoxy) is 1. The number of aliphatic imine (C=N–C) groups is 1. The summed E-state index contributed by atoms with van der Waals surface area (Å²) in [5, 5.41) is 2.00. The first-order chi connectivity index (χ1) is 15.7. The van der Waals surface area contributed by atoms with E-state index in [0.29, 0.717) is 22.6 Å². The molecular weight excluding hydrogens is 428 g/mol. The Kier molecular flexibility index (Phi) is 7.08. The Morgan fingerprint density at radius 1 is 0.970 bits per heavy atom. The Morgan fingerprint density at radius 2 is 1.48 bits per heavy atom. The molecule has 3 rings (SSSR count). The molecule has 0 aromatic heterocycles. The summed E-state index contributed by atoms with van der Waals surface area (Å²) in [5.41, 5.74) is 8.14. The van der Waals surface area contributed by atoms with Gasteiger partial charge in [0.2, 0.25) is 0 Å². The normalized spacial score (nSPS) is 12.1. The van der Waals surface area contributed by atoms with Gasteiger partial charge in [0.05, 0.1) is 19.1 Å². The summed E-state index contributed by atoms with van der Waals surface area (Å²) in [6.45, 7) is 10.4. The minimum Gasteiger partial charge on any atom is -0.533 e. The zero-order chi connectivity index (χ0) is 24.2. The van der Waals surface area contributed by atoms with Crippen LogP contribution in [0.3, 0.4) is 0 Å². The summed E-state index contributed by atoms with van der Waals surface area (Å²) >= 11 is 0. The number of rotatable bonds is 6. The van der Waals surface area contributed by atoms with Gasteiger partial charge in [-0.1, -0.05) is 81.4 Å². The van der Waals surface area contributed by atoms with Crippen molar-refractivity contribution in [1.29, 1.82) is 0 Å². The van der Waals surface area contributed by atoms with E-state index in [-0.39, 0.29) is 5.04 Å². The number of aryl methyl sites for hydroxylation is 1. The molecule has 0 bridgehead atoms. The van der Waals surface area contributed by atoms with Gasteiger partial charge in [-0.3, -0.25) is 0 Å². The van der Waals surface area contributed by atoms with Gasteiger partial charge >= 0.3 is 14.3 Å².